The van der Waals surface area contributed by atoms with Crippen LogP contribution in [0.4, 0.5) is 5.69 Å². The van der Waals surface area contributed by atoms with Gasteiger partial charge in [-0.05, 0) is 31.5 Å². The summed E-state index contributed by atoms with van der Waals surface area (Å²) in [4.78, 5) is 10.8. The fraction of sp³-hybridized carbons (Fsp3) is 0.235. The SMILES string of the molecule is Cc1ccc(NC(SCC(=O)O)c2ccc(C)cc2)cc1. The number of benzene rings is 2. The van der Waals surface area contributed by atoms with Gasteiger partial charge in [-0.2, -0.15) is 0 Å². The first-order valence-electron chi connectivity index (χ1n) is 6.78. The van der Waals surface area contributed by atoms with E-state index in [-0.39, 0.29) is 11.1 Å². The largest absolute Gasteiger partial charge is 0.481 e. The zero-order chi connectivity index (χ0) is 15.2. The van der Waals surface area contributed by atoms with Gasteiger partial charge in [0, 0.05) is 5.69 Å². The van der Waals surface area contributed by atoms with Crippen molar-refractivity contribution in [3.63, 3.8) is 0 Å². The lowest BCUT2D eigenvalue weighted by Crippen LogP contribution is -2.10. The van der Waals surface area contributed by atoms with Gasteiger partial charge in [-0.15, -0.1) is 11.8 Å². The van der Waals surface area contributed by atoms with Crippen LogP contribution in [0.15, 0.2) is 48.5 Å². The molecule has 0 aliphatic carbocycles. The molecule has 1 atom stereocenters. The van der Waals surface area contributed by atoms with E-state index in [1.54, 1.807) is 0 Å². The molecule has 0 saturated carbocycles. The molecule has 0 heterocycles. The standard InChI is InChI=1S/C17H19NO2S/c1-12-3-7-14(8-4-12)17(21-11-16(19)20)18-15-9-5-13(2)6-10-15/h3-10,17-18H,11H2,1-2H3,(H,19,20). The van der Waals surface area contributed by atoms with Crippen molar-refractivity contribution in [1.29, 1.82) is 0 Å². The fourth-order valence-electron chi connectivity index (χ4n) is 1.92. The summed E-state index contributed by atoms with van der Waals surface area (Å²) in [6.45, 7) is 4.08. The molecular formula is C17H19NO2S. The van der Waals surface area contributed by atoms with Crippen LogP contribution in [0.3, 0.4) is 0 Å². The van der Waals surface area contributed by atoms with Crippen molar-refractivity contribution >= 4 is 23.4 Å². The average Bonchev–Trinajstić information content (AvgIpc) is 2.46. The maximum Gasteiger partial charge on any atom is 0.313 e. The molecule has 2 aromatic rings. The van der Waals surface area contributed by atoms with Crippen molar-refractivity contribution in [2.75, 3.05) is 11.1 Å². The topological polar surface area (TPSA) is 49.3 Å². The number of carboxylic acids is 1. The van der Waals surface area contributed by atoms with Crippen LogP contribution in [0, 0.1) is 13.8 Å². The summed E-state index contributed by atoms with van der Waals surface area (Å²) in [6, 6.07) is 16.3. The van der Waals surface area contributed by atoms with E-state index in [0.717, 1.165) is 11.3 Å². The Kier molecular flexibility index (Phi) is 5.28. The van der Waals surface area contributed by atoms with E-state index < -0.39 is 5.97 Å². The maximum atomic E-state index is 10.8. The highest BCUT2D eigenvalue weighted by Gasteiger charge is 2.13. The van der Waals surface area contributed by atoms with Gasteiger partial charge in [0.25, 0.3) is 0 Å². The van der Waals surface area contributed by atoms with Crippen molar-refractivity contribution in [2.24, 2.45) is 0 Å². The average molecular weight is 301 g/mol. The Balaban J connectivity index is 2.16. The predicted molar refractivity (Wildman–Crippen MR) is 88.8 cm³/mol. The number of aliphatic carboxylic acids is 1. The predicted octanol–water partition coefficient (Wildman–Crippen LogP) is 4.23. The van der Waals surface area contributed by atoms with E-state index in [2.05, 4.69) is 5.32 Å². The van der Waals surface area contributed by atoms with Crippen molar-refractivity contribution in [3.05, 3.63) is 65.2 Å². The summed E-state index contributed by atoms with van der Waals surface area (Å²) in [5, 5.41) is 12.2. The van der Waals surface area contributed by atoms with Gasteiger partial charge >= 0.3 is 5.97 Å². The Morgan fingerprint density at radius 2 is 1.57 bits per heavy atom. The Labute approximate surface area is 129 Å². The minimum atomic E-state index is -0.803. The highest BCUT2D eigenvalue weighted by atomic mass is 32.2. The first kappa shape index (κ1) is 15.4. The number of aryl methyl sites for hydroxylation is 2. The Morgan fingerprint density at radius 1 is 1.05 bits per heavy atom. The Bertz CT molecular complexity index is 593. The molecule has 3 nitrogen and oxygen atoms in total. The third-order valence-corrected chi connectivity index (χ3v) is 4.24. The normalized spacial score (nSPS) is 11.9. The minimum Gasteiger partial charge on any atom is -0.481 e. The summed E-state index contributed by atoms with van der Waals surface area (Å²) in [7, 11) is 0. The number of thioether (sulfide) groups is 1. The molecule has 0 saturated heterocycles. The third kappa shape index (κ3) is 4.83. The molecule has 1 unspecified atom stereocenters. The molecular weight excluding hydrogens is 282 g/mol. The van der Waals surface area contributed by atoms with Gasteiger partial charge in [-0.3, -0.25) is 4.79 Å². The van der Waals surface area contributed by atoms with Crippen LogP contribution < -0.4 is 5.32 Å². The van der Waals surface area contributed by atoms with Crippen LogP contribution >= 0.6 is 11.8 Å². The second-order valence-electron chi connectivity index (χ2n) is 5.01. The van der Waals surface area contributed by atoms with Gasteiger partial charge < -0.3 is 10.4 Å². The zero-order valence-electron chi connectivity index (χ0n) is 12.2. The molecule has 0 aromatic heterocycles. The van der Waals surface area contributed by atoms with E-state index in [4.69, 9.17) is 5.11 Å². The van der Waals surface area contributed by atoms with E-state index >= 15 is 0 Å². The molecule has 0 amide bonds. The number of anilines is 1. The van der Waals surface area contributed by atoms with Crippen LogP contribution in [0.1, 0.15) is 22.1 Å². The van der Waals surface area contributed by atoms with E-state index in [0.29, 0.717) is 0 Å². The number of hydrogen-bond acceptors (Lipinski definition) is 3. The maximum absolute atomic E-state index is 10.8. The lowest BCUT2D eigenvalue weighted by atomic mass is 10.1. The zero-order valence-corrected chi connectivity index (χ0v) is 13.0. The lowest BCUT2D eigenvalue weighted by Gasteiger charge is -2.19. The molecule has 0 aliphatic heterocycles. The third-order valence-electron chi connectivity index (χ3n) is 3.10. The number of rotatable bonds is 6. The molecule has 0 spiro atoms. The molecule has 0 bridgehead atoms. The molecule has 21 heavy (non-hydrogen) atoms. The Morgan fingerprint density at radius 3 is 2.10 bits per heavy atom. The lowest BCUT2D eigenvalue weighted by molar-refractivity contribution is -0.133. The minimum absolute atomic E-state index is 0.0669. The molecule has 2 rings (SSSR count). The smallest absolute Gasteiger partial charge is 0.313 e. The summed E-state index contributed by atoms with van der Waals surface area (Å²) in [6.07, 6.45) is 0. The second-order valence-corrected chi connectivity index (χ2v) is 6.10. The molecule has 0 fully saturated rings. The molecule has 2 N–H and O–H groups in total. The highest BCUT2D eigenvalue weighted by molar-refractivity contribution is 8.00. The van der Waals surface area contributed by atoms with Crippen LogP contribution in [0.5, 0.6) is 0 Å². The quantitative estimate of drug-likeness (QED) is 0.784. The van der Waals surface area contributed by atoms with Crippen LogP contribution in [-0.4, -0.2) is 16.8 Å². The first-order valence-corrected chi connectivity index (χ1v) is 7.82. The van der Waals surface area contributed by atoms with Crippen molar-refractivity contribution < 1.29 is 9.90 Å². The van der Waals surface area contributed by atoms with Gasteiger partial charge in [-0.25, -0.2) is 0 Å². The summed E-state index contributed by atoms with van der Waals surface area (Å²) in [5.41, 5.74) is 4.46. The van der Waals surface area contributed by atoms with Crippen molar-refractivity contribution in [2.45, 2.75) is 19.2 Å². The van der Waals surface area contributed by atoms with Crippen LogP contribution in [0.2, 0.25) is 0 Å². The van der Waals surface area contributed by atoms with Gasteiger partial charge in [-0.1, -0.05) is 47.5 Å². The first-order chi connectivity index (χ1) is 10.0. The van der Waals surface area contributed by atoms with Crippen molar-refractivity contribution in [3.8, 4) is 0 Å². The number of carboxylic acid groups (broad SMARTS) is 1. The summed E-state index contributed by atoms with van der Waals surface area (Å²) in [5.74, 6) is -0.736. The number of nitrogens with one attached hydrogen (secondary N) is 1. The van der Waals surface area contributed by atoms with Gasteiger partial charge in [0.05, 0.1) is 11.1 Å². The number of hydrogen-bond donors (Lipinski definition) is 2. The molecule has 110 valence electrons. The van der Waals surface area contributed by atoms with Gasteiger partial charge in [0.1, 0.15) is 0 Å². The van der Waals surface area contributed by atoms with Crippen LogP contribution in [0.25, 0.3) is 0 Å². The molecule has 0 aliphatic rings. The van der Waals surface area contributed by atoms with Crippen molar-refractivity contribution in [1.82, 2.24) is 0 Å². The summed E-state index contributed by atoms with van der Waals surface area (Å²) < 4.78 is 0. The Hall–Kier alpha value is -1.94. The van der Waals surface area contributed by atoms with E-state index in [1.165, 1.54) is 22.9 Å². The van der Waals surface area contributed by atoms with E-state index in [9.17, 15) is 4.79 Å². The molecule has 0 radical (unpaired) electrons. The van der Waals surface area contributed by atoms with E-state index in [1.807, 2.05) is 62.4 Å². The monoisotopic (exact) mass is 301 g/mol. The fourth-order valence-corrected chi connectivity index (χ4v) is 2.80. The second kappa shape index (κ2) is 7.18. The molecule has 4 heteroatoms. The summed E-state index contributed by atoms with van der Waals surface area (Å²) >= 11 is 1.38. The van der Waals surface area contributed by atoms with Gasteiger partial charge in [0.2, 0.25) is 0 Å². The number of carbonyl (C=O) groups is 1. The van der Waals surface area contributed by atoms with Gasteiger partial charge in [0.15, 0.2) is 0 Å². The molecule has 2 aromatic carbocycles. The highest BCUT2D eigenvalue weighted by Crippen LogP contribution is 2.30. The van der Waals surface area contributed by atoms with Crippen LogP contribution in [-0.2, 0) is 4.79 Å².